The Morgan fingerprint density at radius 1 is 1.69 bits per heavy atom. The van der Waals surface area contributed by atoms with Crippen molar-refractivity contribution in [2.24, 2.45) is 5.73 Å². The molecule has 3 heteroatoms. The van der Waals surface area contributed by atoms with Crippen LogP contribution >= 0.6 is 11.8 Å². The largest absolute Gasteiger partial charge is 0.375 e. The Kier molecular flexibility index (Phi) is 5.51. The van der Waals surface area contributed by atoms with Crippen LogP contribution in [0.5, 0.6) is 0 Å². The highest BCUT2D eigenvalue weighted by molar-refractivity contribution is 7.99. The normalized spacial score (nSPS) is 25.5. The molecule has 0 aromatic carbocycles. The average Bonchev–Trinajstić information content (AvgIpc) is 2.19. The summed E-state index contributed by atoms with van der Waals surface area (Å²) in [5.74, 6) is 2.19. The van der Waals surface area contributed by atoms with Crippen LogP contribution in [0, 0.1) is 0 Å². The van der Waals surface area contributed by atoms with Gasteiger partial charge in [0, 0.05) is 17.5 Å². The lowest BCUT2D eigenvalue weighted by Crippen LogP contribution is -2.41. The monoisotopic (exact) mass is 201 g/mol. The van der Waals surface area contributed by atoms with Gasteiger partial charge in [-0.2, -0.15) is 11.8 Å². The van der Waals surface area contributed by atoms with Crippen molar-refractivity contribution < 1.29 is 4.74 Å². The molecule has 0 saturated carbocycles. The minimum atomic E-state index is 0.216. The predicted molar refractivity (Wildman–Crippen MR) is 59.1 cm³/mol. The standard InChI is InChI=1S/C10H19NOS/c1-2-3-4-5-9(11)10-8-13-7-6-12-10/h2,9-10H,1,3-8,11H2. The maximum Gasteiger partial charge on any atom is 0.0816 e. The van der Waals surface area contributed by atoms with E-state index in [-0.39, 0.29) is 12.1 Å². The Morgan fingerprint density at radius 2 is 2.54 bits per heavy atom. The summed E-state index contributed by atoms with van der Waals surface area (Å²) in [5.41, 5.74) is 6.02. The molecule has 1 rings (SSSR count). The maximum absolute atomic E-state index is 6.02. The first-order valence-corrected chi connectivity index (χ1v) is 6.06. The van der Waals surface area contributed by atoms with Crippen molar-refractivity contribution in [2.45, 2.75) is 31.4 Å². The fourth-order valence-electron chi connectivity index (χ4n) is 1.44. The Morgan fingerprint density at radius 3 is 3.15 bits per heavy atom. The van der Waals surface area contributed by atoms with Crippen LogP contribution in [-0.2, 0) is 4.74 Å². The number of allylic oxidation sites excluding steroid dienone is 1. The highest BCUT2D eigenvalue weighted by Crippen LogP contribution is 2.17. The van der Waals surface area contributed by atoms with Gasteiger partial charge in [0.25, 0.3) is 0 Å². The molecule has 1 aliphatic heterocycles. The predicted octanol–water partition coefficient (Wildman–Crippen LogP) is 1.80. The van der Waals surface area contributed by atoms with Gasteiger partial charge in [0.05, 0.1) is 12.7 Å². The van der Waals surface area contributed by atoms with Gasteiger partial charge in [0.2, 0.25) is 0 Å². The van der Waals surface area contributed by atoms with E-state index in [0.717, 1.165) is 37.4 Å². The number of rotatable bonds is 5. The summed E-state index contributed by atoms with van der Waals surface area (Å²) in [7, 11) is 0. The molecule has 76 valence electrons. The van der Waals surface area contributed by atoms with E-state index in [4.69, 9.17) is 10.5 Å². The van der Waals surface area contributed by atoms with Gasteiger partial charge in [-0.05, 0) is 19.3 Å². The van der Waals surface area contributed by atoms with Gasteiger partial charge in [-0.15, -0.1) is 6.58 Å². The minimum Gasteiger partial charge on any atom is -0.375 e. The lowest BCUT2D eigenvalue weighted by Gasteiger charge is -2.27. The second kappa shape index (κ2) is 6.46. The second-order valence-electron chi connectivity index (χ2n) is 3.37. The highest BCUT2D eigenvalue weighted by Gasteiger charge is 2.20. The third-order valence-corrected chi connectivity index (χ3v) is 3.28. The van der Waals surface area contributed by atoms with Crippen LogP contribution in [0.1, 0.15) is 19.3 Å². The summed E-state index contributed by atoms with van der Waals surface area (Å²) in [6.07, 6.45) is 5.48. The molecular weight excluding hydrogens is 182 g/mol. The van der Waals surface area contributed by atoms with Crippen LogP contribution in [0.4, 0.5) is 0 Å². The molecule has 2 unspecified atom stereocenters. The number of hydrogen-bond acceptors (Lipinski definition) is 3. The number of ether oxygens (including phenoxy) is 1. The van der Waals surface area contributed by atoms with Crippen LogP contribution in [0.3, 0.4) is 0 Å². The molecule has 0 aromatic heterocycles. The Bertz CT molecular complexity index is 146. The van der Waals surface area contributed by atoms with Crippen LogP contribution in [-0.4, -0.2) is 30.3 Å². The quantitative estimate of drug-likeness (QED) is 0.544. The minimum absolute atomic E-state index is 0.216. The van der Waals surface area contributed by atoms with Crippen molar-refractivity contribution >= 4 is 11.8 Å². The van der Waals surface area contributed by atoms with Gasteiger partial charge in [-0.3, -0.25) is 0 Å². The molecule has 1 saturated heterocycles. The fourth-order valence-corrected chi connectivity index (χ4v) is 2.39. The van der Waals surface area contributed by atoms with E-state index in [1.165, 1.54) is 0 Å². The lowest BCUT2D eigenvalue weighted by atomic mass is 10.1. The maximum atomic E-state index is 6.02. The van der Waals surface area contributed by atoms with Crippen molar-refractivity contribution in [2.75, 3.05) is 18.1 Å². The Hall–Kier alpha value is 0.01000. The van der Waals surface area contributed by atoms with Crippen molar-refractivity contribution in [3.05, 3.63) is 12.7 Å². The lowest BCUT2D eigenvalue weighted by molar-refractivity contribution is 0.0547. The zero-order chi connectivity index (χ0) is 9.52. The van der Waals surface area contributed by atoms with E-state index >= 15 is 0 Å². The van der Waals surface area contributed by atoms with Crippen molar-refractivity contribution in [1.82, 2.24) is 0 Å². The van der Waals surface area contributed by atoms with E-state index < -0.39 is 0 Å². The third-order valence-electron chi connectivity index (χ3n) is 2.26. The topological polar surface area (TPSA) is 35.2 Å². The van der Waals surface area contributed by atoms with E-state index in [0.29, 0.717) is 0 Å². The number of thioether (sulfide) groups is 1. The molecule has 2 atom stereocenters. The van der Waals surface area contributed by atoms with E-state index in [1.54, 1.807) is 0 Å². The second-order valence-corrected chi connectivity index (χ2v) is 4.52. The zero-order valence-corrected chi connectivity index (χ0v) is 8.89. The molecule has 0 radical (unpaired) electrons. The third kappa shape index (κ3) is 4.16. The van der Waals surface area contributed by atoms with Gasteiger partial charge in [0.1, 0.15) is 0 Å². The molecule has 1 heterocycles. The number of unbranched alkanes of at least 4 members (excludes halogenated alkanes) is 1. The summed E-state index contributed by atoms with van der Waals surface area (Å²) in [6, 6.07) is 0.216. The van der Waals surface area contributed by atoms with Gasteiger partial charge in [-0.1, -0.05) is 6.08 Å². The van der Waals surface area contributed by atoms with Gasteiger partial charge >= 0.3 is 0 Å². The number of nitrogens with two attached hydrogens (primary N) is 1. The SMILES string of the molecule is C=CCCCC(N)C1CSCCO1. The molecule has 2 N–H and O–H groups in total. The van der Waals surface area contributed by atoms with Crippen LogP contribution in [0.25, 0.3) is 0 Å². The fraction of sp³-hybridized carbons (Fsp3) is 0.800. The molecule has 0 amide bonds. The molecule has 0 aliphatic carbocycles. The van der Waals surface area contributed by atoms with E-state index in [1.807, 2.05) is 17.8 Å². The van der Waals surface area contributed by atoms with Crippen molar-refractivity contribution in [3.8, 4) is 0 Å². The summed E-state index contributed by atoms with van der Waals surface area (Å²) < 4.78 is 5.60. The average molecular weight is 201 g/mol. The van der Waals surface area contributed by atoms with Crippen LogP contribution in [0.2, 0.25) is 0 Å². The van der Waals surface area contributed by atoms with Gasteiger partial charge in [-0.25, -0.2) is 0 Å². The van der Waals surface area contributed by atoms with Crippen LogP contribution in [0.15, 0.2) is 12.7 Å². The van der Waals surface area contributed by atoms with Crippen molar-refractivity contribution in [1.29, 1.82) is 0 Å². The molecule has 13 heavy (non-hydrogen) atoms. The van der Waals surface area contributed by atoms with Gasteiger partial charge < -0.3 is 10.5 Å². The number of hydrogen-bond donors (Lipinski definition) is 1. The Balaban J connectivity index is 2.13. The summed E-state index contributed by atoms with van der Waals surface area (Å²) in [6.45, 7) is 4.56. The van der Waals surface area contributed by atoms with Crippen molar-refractivity contribution in [3.63, 3.8) is 0 Å². The van der Waals surface area contributed by atoms with E-state index in [9.17, 15) is 0 Å². The first-order chi connectivity index (χ1) is 6.34. The molecule has 0 aromatic rings. The summed E-state index contributed by atoms with van der Waals surface area (Å²) in [4.78, 5) is 0. The smallest absolute Gasteiger partial charge is 0.0816 e. The van der Waals surface area contributed by atoms with E-state index in [2.05, 4.69) is 6.58 Å². The molecule has 0 bridgehead atoms. The molecule has 1 aliphatic rings. The Labute approximate surface area is 84.9 Å². The highest BCUT2D eigenvalue weighted by atomic mass is 32.2. The first kappa shape index (κ1) is 11.1. The van der Waals surface area contributed by atoms with Crippen LogP contribution < -0.4 is 5.73 Å². The molecular formula is C10H19NOS. The first-order valence-electron chi connectivity index (χ1n) is 4.90. The summed E-state index contributed by atoms with van der Waals surface area (Å²) >= 11 is 1.95. The van der Waals surface area contributed by atoms with Gasteiger partial charge in [0.15, 0.2) is 0 Å². The molecule has 0 spiro atoms. The molecule has 1 fully saturated rings. The zero-order valence-electron chi connectivity index (χ0n) is 8.08. The summed E-state index contributed by atoms with van der Waals surface area (Å²) in [5, 5.41) is 0. The molecule has 2 nitrogen and oxygen atoms in total.